The molecule has 0 aliphatic heterocycles. The number of aryl methyl sites for hydroxylation is 2. The lowest BCUT2D eigenvalue weighted by Gasteiger charge is -2.12. The van der Waals surface area contributed by atoms with Crippen LogP contribution < -0.4 is 19.8 Å². The third-order valence-corrected chi connectivity index (χ3v) is 4.92. The van der Waals surface area contributed by atoms with Crippen molar-refractivity contribution in [1.82, 2.24) is 14.6 Å². The Labute approximate surface area is 172 Å². The van der Waals surface area contributed by atoms with Crippen molar-refractivity contribution >= 4 is 28.2 Å². The highest BCUT2D eigenvalue weighted by molar-refractivity contribution is 6.04. The summed E-state index contributed by atoms with van der Waals surface area (Å²) in [5, 5.41) is 5.29. The molecule has 0 saturated carbocycles. The molecule has 30 heavy (non-hydrogen) atoms. The van der Waals surface area contributed by atoms with E-state index in [9.17, 15) is 4.79 Å². The Morgan fingerprint density at radius 3 is 2.37 bits per heavy atom. The van der Waals surface area contributed by atoms with Gasteiger partial charge in [0, 0.05) is 16.5 Å². The fraction of sp³-hybridized carbons (Fsp3) is 0.227. The number of aromatic nitrogens is 3. The first-order chi connectivity index (χ1) is 14.5. The molecule has 0 bridgehead atoms. The van der Waals surface area contributed by atoms with Crippen molar-refractivity contribution in [3.8, 4) is 17.2 Å². The van der Waals surface area contributed by atoms with Crippen LogP contribution in [0.5, 0.6) is 17.2 Å². The van der Waals surface area contributed by atoms with Gasteiger partial charge >= 0.3 is 0 Å². The second-order valence-electron chi connectivity index (χ2n) is 6.88. The maximum absolute atomic E-state index is 13.1. The van der Waals surface area contributed by atoms with E-state index in [0.29, 0.717) is 39.7 Å². The average Bonchev–Trinajstić information content (AvgIpc) is 3.10. The lowest BCUT2D eigenvalue weighted by Crippen LogP contribution is -2.20. The molecule has 8 nitrogen and oxygen atoms in total. The molecule has 1 N–H and O–H groups in total. The van der Waals surface area contributed by atoms with Gasteiger partial charge in [-0.3, -0.25) is 4.79 Å². The molecule has 0 unspecified atom stereocenters. The van der Waals surface area contributed by atoms with E-state index in [2.05, 4.69) is 15.1 Å². The zero-order valence-corrected chi connectivity index (χ0v) is 17.4. The van der Waals surface area contributed by atoms with E-state index in [1.807, 2.05) is 25.1 Å². The zero-order chi connectivity index (χ0) is 21.4. The Balaban J connectivity index is 1.84. The Bertz CT molecular complexity index is 1330. The first-order valence-corrected chi connectivity index (χ1v) is 9.33. The molecule has 0 saturated heterocycles. The summed E-state index contributed by atoms with van der Waals surface area (Å²) in [5.41, 5.74) is 3.45. The van der Waals surface area contributed by atoms with Crippen LogP contribution in [-0.2, 0) is 0 Å². The maximum atomic E-state index is 13.1. The SMILES string of the molecule is COc1cc(C=Nn2c(C)nc3c([nH]c4ccc(C)cc43)c2=O)cc(OC)c1OC. The van der Waals surface area contributed by atoms with Crippen molar-refractivity contribution in [2.24, 2.45) is 5.10 Å². The van der Waals surface area contributed by atoms with E-state index in [-0.39, 0.29) is 5.56 Å². The molecule has 0 aliphatic carbocycles. The minimum Gasteiger partial charge on any atom is -0.493 e. The van der Waals surface area contributed by atoms with Crippen LogP contribution in [0.4, 0.5) is 0 Å². The Hall–Kier alpha value is -3.81. The monoisotopic (exact) mass is 406 g/mol. The highest BCUT2D eigenvalue weighted by Crippen LogP contribution is 2.37. The summed E-state index contributed by atoms with van der Waals surface area (Å²) in [7, 11) is 4.63. The zero-order valence-electron chi connectivity index (χ0n) is 17.4. The molecule has 2 aromatic carbocycles. The van der Waals surface area contributed by atoms with Crippen LogP contribution in [0.15, 0.2) is 40.2 Å². The smallest absolute Gasteiger partial charge is 0.298 e. The Kier molecular flexibility index (Phi) is 4.91. The number of hydrogen-bond acceptors (Lipinski definition) is 6. The van der Waals surface area contributed by atoms with Crippen LogP contribution in [-0.4, -0.2) is 42.2 Å². The van der Waals surface area contributed by atoms with Crippen LogP contribution in [0, 0.1) is 13.8 Å². The second kappa shape index (κ2) is 7.55. The Morgan fingerprint density at radius 2 is 1.73 bits per heavy atom. The van der Waals surface area contributed by atoms with Crippen molar-refractivity contribution in [1.29, 1.82) is 0 Å². The molecule has 0 radical (unpaired) electrons. The molecule has 4 aromatic rings. The second-order valence-corrected chi connectivity index (χ2v) is 6.88. The van der Waals surface area contributed by atoms with Crippen LogP contribution in [0.25, 0.3) is 21.9 Å². The van der Waals surface area contributed by atoms with Crippen LogP contribution >= 0.6 is 0 Å². The van der Waals surface area contributed by atoms with Gasteiger partial charge in [0.15, 0.2) is 11.5 Å². The number of hydrogen-bond donors (Lipinski definition) is 1. The molecule has 2 heterocycles. The highest BCUT2D eigenvalue weighted by Gasteiger charge is 2.15. The predicted octanol–water partition coefficient (Wildman–Crippen LogP) is 3.40. The van der Waals surface area contributed by atoms with E-state index in [1.54, 1.807) is 46.6 Å². The predicted molar refractivity (Wildman–Crippen MR) is 116 cm³/mol. The summed E-state index contributed by atoms with van der Waals surface area (Å²) in [6, 6.07) is 9.46. The normalized spacial score (nSPS) is 11.5. The van der Waals surface area contributed by atoms with Crippen LogP contribution in [0.2, 0.25) is 0 Å². The van der Waals surface area contributed by atoms with Gasteiger partial charge in [-0.2, -0.15) is 9.78 Å². The summed E-state index contributed by atoms with van der Waals surface area (Å²) >= 11 is 0. The molecular weight excluding hydrogens is 384 g/mol. The molecule has 0 fully saturated rings. The minimum atomic E-state index is -0.268. The van der Waals surface area contributed by atoms with Crippen LogP contribution in [0.1, 0.15) is 17.0 Å². The molecule has 0 aliphatic rings. The van der Waals surface area contributed by atoms with Crippen LogP contribution in [0.3, 0.4) is 0 Å². The van der Waals surface area contributed by atoms with Gasteiger partial charge in [-0.05, 0) is 38.1 Å². The van der Waals surface area contributed by atoms with Crippen molar-refractivity contribution < 1.29 is 14.2 Å². The summed E-state index contributed by atoms with van der Waals surface area (Å²) in [4.78, 5) is 20.9. The standard InChI is InChI=1S/C22H22N4O4/c1-12-6-7-16-15(8-12)19-20(25-16)22(27)26(13(2)24-19)23-11-14-9-17(28-3)21(30-5)18(10-14)29-4/h6-11,25H,1-5H3. The molecule has 2 aromatic heterocycles. The molecule has 4 rings (SSSR count). The summed E-state index contributed by atoms with van der Waals surface area (Å²) in [5.74, 6) is 1.98. The summed E-state index contributed by atoms with van der Waals surface area (Å²) in [6.07, 6.45) is 1.55. The van der Waals surface area contributed by atoms with Crippen molar-refractivity contribution in [2.45, 2.75) is 13.8 Å². The average molecular weight is 406 g/mol. The molecule has 0 atom stereocenters. The fourth-order valence-corrected chi connectivity index (χ4v) is 3.46. The number of rotatable bonds is 5. The van der Waals surface area contributed by atoms with Gasteiger partial charge in [-0.15, -0.1) is 0 Å². The fourth-order valence-electron chi connectivity index (χ4n) is 3.46. The van der Waals surface area contributed by atoms with Gasteiger partial charge in [-0.1, -0.05) is 11.6 Å². The topological polar surface area (TPSA) is 90.7 Å². The molecule has 0 amide bonds. The van der Waals surface area contributed by atoms with E-state index < -0.39 is 0 Å². The van der Waals surface area contributed by atoms with Gasteiger partial charge in [0.1, 0.15) is 16.9 Å². The van der Waals surface area contributed by atoms with Gasteiger partial charge in [0.05, 0.1) is 27.5 Å². The first kappa shape index (κ1) is 19.5. The third kappa shape index (κ3) is 3.16. The quantitative estimate of drug-likeness (QED) is 0.513. The molecule has 8 heteroatoms. The van der Waals surface area contributed by atoms with E-state index >= 15 is 0 Å². The van der Waals surface area contributed by atoms with E-state index in [1.165, 1.54) is 4.68 Å². The van der Waals surface area contributed by atoms with Crippen molar-refractivity contribution in [3.05, 3.63) is 57.6 Å². The number of benzene rings is 2. The number of fused-ring (bicyclic) bond motifs is 3. The van der Waals surface area contributed by atoms with Crippen molar-refractivity contribution in [2.75, 3.05) is 21.3 Å². The van der Waals surface area contributed by atoms with Gasteiger partial charge in [-0.25, -0.2) is 4.98 Å². The number of nitrogens with one attached hydrogen (secondary N) is 1. The minimum absolute atomic E-state index is 0.268. The highest BCUT2D eigenvalue weighted by atomic mass is 16.5. The molecular formula is C22H22N4O4. The molecule has 154 valence electrons. The van der Waals surface area contributed by atoms with Gasteiger partial charge in [0.2, 0.25) is 5.75 Å². The van der Waals surface area contributed by atoms with E-state index in [0.717, 1.165) is 16.5 Å². The largest absolute Gasteiger partial charge is 0.493 e. The maximum Gasteiger partial charge on any atom is 0.298 e. The number of ether oxygens (including phenoxy) is 3. The Morgan fingerprint density at radius 1 is 1.03 bits per heavy atom. The lowest BCUT2D eigenvalue weighted by molar-refractivity contribution is 0.324. The van der Waals surface area contributed by atoms with Crippen molar-refractivity contribution in [3.63, 3.8) is 0 Å². The summed E-state index contributed by atoms with van der Waals surface area (Å²) < 4.78 is 17.3. The van der Waals surface area contributed by atoms with Gasteiger partial charge < -0.3 is 19.2 Å². The first-order valence-electron chi connectivity index (χ1n) is 9.33. The number of methoxy groups -OCH3 is 3. The van der Waals surface area contributed by atoms with Gasteiger partial charge in [0.25, 0.3) is 5.56 Å². The summed E-state index contributed by atoms with van der Waals surface area (Å²) in [6.45, 7) is 3.76. The third-order valence-electron chi connectivity index (χ3n) is 4.92. The number of nitrogens with zero attached hydrogens (tertiary/aromatic N) is 3. The van der Waals surface area contributed by atoms with E-state index in [4.69, 9.17) is 14.2 Å². The molecule has 0 spiro atoms. The lowest BCUT2D eigenvalue weighted by atomic mass is 10.1. The number of H-pyrrole nitrogens is 1. The number of aromatic amines is 1.